The van der Waals surface area contributed by atoms with Crippen LogP contribution in [-0.4, -0.2) is 35.6 Å². The number of rotatable bonds is 3. The second-order valence-electron chi connectivity index (χ2n) is 3.22. The largest absolute Gasteiger partial charge is 0.395 e. The van der Waals surface area contributed by atoms with Gasteiger partial charge in [0.15, 0.2) is 0 Å². The minimum Gasteiger partial charge on any atom is -0.395 e. The second-order valence-corrected chi connectivity index (χ2v) is 3.22. The van der Waals surface area contributed by atoms with Gasteiger partial charge in [-0.25, -0.2) is 0 Å². The highest BCUT2D eigenvalue weighted by Crippen LogP contribution is 1.95. The van der Waals surface area contributed by atoms with Gasteiger partial charge in [-0.2, -0.15) is 0 Å². The summed E-state index contributed by atoms with van der Waals surface area (Å²) in [6.45, 7) is 2.71. The lowest BCUT2D eigenvalue weighted by molar-refractivity contribution is -0.125. The van der Waals surface area contributed by atoms with Gasteiger partial charge in [-0.05, 0) is 19.1 Å². The van der Waals surface area contributed by atoms with Gasteiger partial charge in [-0.15, -0.1) is 0 Å². The number of hydrogen-bond donors (Lipinski definition) is 1. The molecule has 1 aromatic rings. The Morgan fingerprint density at radius 3 is 2.62 bits per heavy atom. The number of carbonyl (C=O) groups is 1. The molecule has 0 heterocycles. The smallest absolute Gasteiger partial charge is 0.298 e. The van der Waals surface area contributed by atoms with E-state index in [4.69, 9.17) is 5.11 Å². The van der Waals surface area contributed by atoms with Crippen LogP contribution in [0.25, 0.3) is 0 Å². The fourth-order valence-electron chi connectivity index (χ4n) is 1.25. The van der Waals surface area contributed by atoms with Crippen LogP contribution < -0.4 is 0 Å². The molecule has 1 amide bonds. The Morgan fingerprint density at radius 2 is 2.06 bits per heavy atom. The molecule has 0 aliphatic carbocycles. The van der Waals surface area contributed by atoms with E-state index in [0.29, 0.717) is 13.1 Å². The molecule has 0 aromatic heterocycles. The molecular formula is C13H15NO2. The third-order valence-electron chi connectivity index (χ3n) is 2.13. The Hall–Kier alpha value is -1.79. The molecule has 1 aromatic carbocycles. The lowest BCUT2D eigenvalue weighted by Crippen LogP contribution is -2.32. The van der Waals surface area contributed by atoms with E-state index < -0.39 is 0 Å². The standard InChI is InChI=1S/C13H15NO2/c1-2-14(10-11-15)13(16)9-8-12-6-4-3-5-7-12/h3-7,15H,2,10-11H2,1H3. The molecule has 0 atom stereocenters. The normalized spacial score (nSPS) is 9.12. The molecule has 16 heavy (non-hydrogen) atoms. The van der Waals surface area contributed by atoms with E-state index in [1.165, 1.54) is 4.90 Å². The first-order valence-corrected chi connectivity index (χ1v) is 5.24. The van der Waals surface area contributed by atoms with Gasteiger partial charge in [0.25, 0.3) is 5.91 Å². The predicted octanol–water partition coefficient (Wildman–Crippen LogP) is 0.879. The van der Waals surface area contributed by atoms with Gasteiger partial charge in [0.1, 0.15) is 0 Å². The average molecular weight is 217 g/mol. The van der Waals surface area contributed by atoms with Gasteiger partial charge in [-0.1, -0.05) is 24.1 Å². The van der Waals surface area contributed by atoms with Crippen molar-refractivity contribution < 1.29 is 9.90 Å². The van der Waals surface area contributed by atoms with Crippen molar-refractivity contribution in [1.82, 2.24) is 4.90 Å². The van der Waals surface area contributed by atoms with Crippen LogP contribution in [0.2, 0.25) is 0 Å². The zero-order valence-electron chi connectivity index (χ0n) is 9.31. The maximum atomic E-state index is 11.6. The summed E-state index contributed by atoms with van der Waals surface area (Å²) in [5.74, 6) is 5.11. The Morgan fingerprint density at radius 1 is 1.38 bits per heavy atom. The van der Waals surface area contributed by atoms with Gasteiger partial charge >= 0.3 is 0 Å². The Labute approximate surface area is 95.7 Å². The van der Waals surface area contributed by atoms with Crippen LogP contribution in [0.15, 0.2) is 30.3 Å². The zero-order chi connectivity index (χ0) is 11.8. The van der Waals surface area contributed by atoms with Crippen molar-refractivity contribution in [2.24, 2.45) is 0 Å². The van der Waals surface area contributed by atoms with Crippen molar-refractivity contribution in [3.63, 3.8) is 0 Å². The Balaban J connectivity index is 2.67. The predicted molar refractivity (Wildman–Crippen MR) is 62.7 cm³/mol. The van der Waals surface area contributed by atoms with Gasteiger partial charge in [0.2, 0.25) is 0 Å². The topological polar surface area (TPSA) is 40.5 Å². The summed E-state index contributed by atoms with van der Waals surface area (Å²) in [7, 11) is 0. The van der Waals surface area contributed by atoms with E-state index in [1.54, 1.807) is 0 Å². The quantitative estimate of drug-likeness (QED) is 0.763. The third kappa shape index (κ3) is 3.76. The van der Waals surface area contributed by atoms with Crippen LogP contribution in [-0.2, 0) is 4.79 Å². The maximum Gasteiger partial charge on any atom is 0.298 e. The third-order valence-corrected chi connectivity index (χ3v) is 2.13. The molecule has 0 aliphatic rings. The molecular weight excluding hydrogens is 202 g/mol. The van der Waals surface area contributed by atoms with E-state index in [2.05, 4.69) is 11.8 Å². The maximum absolute atomic E-state index is 11.6. The highest BCUT2D eigenvalue weighted by Gasteiger charge is 2.06. The van der Waals surface area contributed by atoms with Crippen LogP contribution in [0, 0.1) is 11.8 Å². The molecule has 0 bridgehead atoms. The number of nitrogens with zero attached hydrogens (tertiary/aromatic N) is 1. The van der Waals surface area contributed by atoms with Gasteiger partial charge in [0, 0.05) is 24.6 Å². The number of likely N-dealkylation sites (N-methyl/N-ethyl adjacent to an activating group) is 1. The molecule has 0 saturated carbocycles. The summed E-state index contributed by atoms with van der Waals surface area (Å²) >= 11 is 0. The Bertz CT molecular complexity index is 389. The average Bonchev–Trinajstić information content (AvgIpc) is 2.34. The number of hydrogen-bond acceptors (Lipinski definition) is 2. The van der Waals surface area contributed by atoms with Crippen molar-refractivity contribution in [1.29, 1.82) is 0 Å². The van der Waals surface area contributed by atoms with Crippen LogP contribution in [0.5, 0.6) is 0 Å². The lowest BCUT2D eigenvalue weighted by atomic mass is 10.2. The molecule has 0 saturated heterocycles. The van der Waals surface area contributed by atoms with Gasteiger partial charge in [-0.3, -0.25) is 4.79 Å². The number of aliphatic hydroxyl groups is 1. The van der Waals surface area contributed by atoms with Crippen molar-refractivity contribution in [3.05, 3.63) is 35.9 Å². The summed E-state index contributed by atoms with van der Waals surface area (Å²) in [6.07, 6.45) is 0. The highest BCUT2D eigenvalue weighted by atomic mass is 16.3. The highest BCUT2D eigenvalue weighted by molar-refractivity contribution is 5.94. The molecule has 0 aliphatic heterocycles. The molecule has 1 rings (SSSR count). The number of benzene rings is 1. The molecule has 0 radical (unpaired) electrons. The van der Waals surface area contributed by atoms with Gasteiger partial charge in [0.05, 0.1) is 6.61 Å². The summed E-state index contributed by atoms with van der Waals surface area (Å²) in [6, 6.07) is 9.35. The van der Waals surface area contributed by atoms with E-state index in [-0.39, 0.29) is 12.5 Å². The molecule has 3 nitrogen and oxygen atoms in total. The fraction of sp³-hybridized carbons (Fsp3) is 0.308. The van der Waals surface area contributed by atoms with Crippen LogP contribution >= 0.6 is 0 Å². The number of amides is 1. The molecule has 0 unspecified atom stereocenters. The summed E-state index contributed by atoms with van der Waals surface area (Å²) < 4.78 is 0. The van der Waals surface area contributed by atoms with E-state index in [1.807, 2.05) is 37.3 Å². The Kier molecular flexibility index (Phi) is 5.10. The van der Waals surface area contributed by atoms with Crippen molar-refractivity contribution >= 4 is 5.91 Å². The molecule has 84 valence electrons. The molecule has 1 N–H and O–H groups in total. The number of aliphatic hydroxyl groups excluding tert-OH is 1. The minimum atomic E-state index is -0.250. The van der Waals surface area contributed by atoms with Gasteiger partial charge < -0.3 is 10.0 Å². The van der Waals surface area contributed by atoms with E-state index >= 15 is 0 Å². The first-order valence-electron chi connectivity index (χ1n) is 5.24. The first kappa shape index (κ1) is 12.3. The van der Waals surface area contributed by atoms with Crippen LogP contribution in [0.4, 0.5) is 0 Å². The van der Waals surface area contributed by atoms with Crippen molar-refractivity contribution in [2.75, 3.05) is 19.7 Å². The molecule has 0 spiro atoms. The molecule has 0 fully saturated rings. The van der Waals surface area contributed by atoms with E-state index in [0.717, 1.165) is 5.56 Å². The number of carbonyl (C=O) groups excluding carboxylic acids is 1. The van der Waals surface area contributed by atoms with Crippen molar-refractivity contribution in [2.45, 2.75) is 6.92 Å². The monoisotopic (exact) mass is 217 g/mol. The van der Waals surface area contributed by atoms with Crippen LogP contribution in [0.1, 0.15) is 12.5 Å². The summed E-state index contributed by atoms with van der Waals surface area (Å²) in [5, 5.41) is 8.76. The fourth-order valence-corrected chi connectivity index (χ4v) is 1.25. The van der Waals surface area contributed by atoms with Crippen LogP contribution in [0.3, 0.4) is 0 Å². The lowest BCUT2D eigenvalue weighted by Gasteiger charge is -2.15. The SMILES string of the molecule is CCN(CCO)C(=O)C#Cc1ccccc1. The van der Waals surface area contributed by atoms with E-state index in [9.17, 15) is 4.79 Å². The first-order chi connectivity index (χ1) is 7.77. The minimum absolute atomic E-state index is 0.0351. The zero-order valence-corrected chi connectivity index (χ0v) is 9.31. The summed E-state index contributed by atoms with van der Waals surface area (Å²) in [4.78, 5) is 13.1. The second kappa shape index (κ2) is 6.65. The van der Waals surface area contributed by atoms with Crippen molar-refractivity contribution in [3.8, 4) is 11.8 Å². The summed E-state index contributed by atoms with van der Waals surface area (Å²) in [5.41, 5.74) is 0.816. The molecule has 3 heteroatoms.